The number of benzene rings is 2. The van der Waals surface area contributed by atoms with Gasteiger partial charge in [0.2, 0.25) is 5.91 Å². The maximum absolute atomic E-state index is 13.1. The Morgan fingerprint density at radius 2 is 1.52 bits per heavy atom. The highest BCUT2D eigenvalue weighted by Crippen LogP contribution is 2.22. The summed E-state index contributed by atoms with van der Waals surface area (Å²) in [4.78, 5) is 31.3. The highest BCUT2D eigenvalue weighted by atomic mass is 16.2. The van der Waals surface area contributed by atoms with Gasteiger partial charge in [0.15, 0.2) is 0 Å². The molecule has 1 aliphatic rings. The minimum atomic E-state index is 0.0266. The van der Waals surface area contributed by atoms with Crippen LogP contribution in [0.4, 0.5) is 11.4 Å². The average molecular weight is 395 g/mol. The first-order chi connectivity index (χ1) is 14.1. The molecule has 2 aromatic carbocycles. The topological polar surface area (TPSA) is 55.9 Å². The number of hydrogen-bond acceptors (Lipinski definition) is 4. The predicted octanol–water partition coefficient (Wildman–Crippen LogP) is 3.06. The lowest BCUT2D eigenvalue weighted by Crippen LogP contribution is -2.51. The van der Waals surface area contributed by atoms with Gasteiger partial charge in [-0.3, -0.25) is 14.5 Å². The molecule has 1 aliphatic heterocycles. The maximum atomic E-state index is 13.1. The van der Waals surface area contributed by atoms with Gasteiger partial charge >= 0.3 is 0 Å². The van der Waals surface area contributed by atoms with Crippen molar-refractivity contribution in [1.29, 1.82) is 0 Å². The fourth-order valence-corrected chi connectivity index (χ4v) is 3.60. The van der Waals surface area contributed by atoms with E-state index < -0.39 is 0 Å². The third kappa shape index (κ3) is 5.35. The van der Waals surface area contributed by atoms with Gasteiger partial charge in [-0.05, 0) is 38.1 Å². The molecular weight excluding hydrogens is 364 g/mol. The van der Waals surface area contributed by atoms with E-state index in [9.17, 15) is 9.59 Å². The van der Waals surface area contributed by atoms with Crippen LogP contribution in [-0.2, 0) is 4.79 Å². The second kappa shape index (κ2) is 10.1. The van der Waals surface area contributed by atoms with Gasteiger partial charge in [0.25, 0.3) is 5.91 Å². The van der Waals surface area contributed by atoms with E-state index in [-0.39, 0.29) is 11.8 Å². The van der Waals surface area contributed by atoms with Crippen LogP contribution in [-0.4, -0.2) is 72.3 Å². The van der Waals surface area contributed by atoms with Crippen LogP contribution < -0.4 is 5.32 Å². The molecule has 0 radical (unpaired) electrons. The highest BCUT2D eigenvalue weighted by Gasteiger charge is 2.25. The summed E-state index contributed by atoms with van der Waals surface area (Å²) >= 11 is 0. The Morgan fingerprint density at radius 3 is 2.17 bits per heavy atom. The Hall–Kier alpha value is -2.86. The lowest BCUT2D eigenvalue weighted by Gasteiger charge is -2.35. The SMILES string of the molecule is CCN(CC)C(=O)CN1CCN(C(=O)c2ccccc2Nc2ccccc2)CC1. The molecular formula is C23H30N4O2. The van der Waals surface area contributed by atoms with Crippen LogP contribution in [0.15, 0.2) is 54.6 Å². The number of rotatable bonds is 7. The van der Waals surface area contributed by atoms with Crippen molar-refractivity contribution in [1.82, 2.24) is 14.7 Å². The van der Waals surface area contributed by atoms with Gasteiger partial charge < -0.3 is 15.1 Å². The second-order valence-corrected chi connectivity index (χ2v) is 7.17. The van der Waals surface area contributed by atoms with Gasteiger partial charge in [0, 0.05) is 45.0 Å². The molecule has 0 aliphatic carbocycles. The monoisotopic (exact) mass is 394 g/mol. The van der Waals surface area contributed by atoms with Crippen molar-refractivity contribution in [2.75, 3.05) is 51.1 Å². The molecule has 1 saturated heterocycles. The number of amides is 2. The molecule has 1 heterocycles. The van der Waals surface area contributed by atoms with Gasteiger partial charge in [0.1, 0.15) is 0 Å². The zero-order valence-electron chi connectivity index (χ0n) is 17.3. The molecule has 0 unspecified atom stereocenters. The number of anilines is 2. The van der Waals surface area contributed by atoms with Gasteiger partial charge in [-0.15, -0.1) is 0 Å². The van der Waals surface area contributed by atoms with Crippen molar-refractivity contribution in [2.45, 2.75) is 13.8 Å². The minimum absolute atomic E-state index is 0.0266. The smallest absolute Gasteiger partial charge is 0.256 e. The number of hydrogen-bond donors (Lipinski definition) is 1. The molecule has 0 saturated carbocycles. The Balaban J connectivity index is 1.61. The Labute approximate surface area is 173 Å². The summed E-state index contributed by atoms with van der Waals surface area (Å²) in [6.45, 7) is 8.58. The Bertz CT molecular complexity index is 813. The quantitative estimate of drug-likeness (QED) is 0.784. The summed E-state index contributed by atoms with van der Waals surface area (Å²) in [5.41, 5.74) is 2.43. The first kappa shape index (κ1) is 20.9. The molecule has 0 spiro atoms. The van der Waals surface area contributed by atoms with Crippen LogP contribution in [0, 0.1) is 0 Å². The van der Waals surface area contributed by atoms with Crippen molar-refractivity contribution in [3.8, 4) is 0 Å². The van der Waals surface area contributed by atoms with Gasteiger partial charge in [-0.2, -0.15) is 0 Å². The molecule has 29 heavy (non-hydrogen) atoms. The number of piperazine rings is 1. The molecule has 2 aromatic rings. The van der Waals surface area contributed by atoms with Crippen LogP contribution >= 0.6 is 0 Å². The fourth-order valence-electron chi connectivity index (χ4n) is 3.60. The van der Waals surface area contributed by atoms with Gasteiger partial charge in [0.05, 0.1) is 17.8 Å². The maximum Gasteiger partial charge on any atom is 0.256 e. The molecule has 0 atom stereocenters. The van der Waals surface area contributed by atoms with E-state index in [0.717, 1.165) is 24.5 Å². The van der Waals surface area contributed by atoms with Crippen LogP contribution in [0.2, 0.25) is 0 Å². The number of likely N-dealkylation sites (N-methyl/N-ethyl adjacent to an activating group) is 1. The lowest BCUT2D eigenvalue weighted by atomic mass is 10.1. The van der Waals surface area contributed by atoms with E-state index in [4.69, 9.17) is 0 Å². The van der Waals surface area contributed by atoms with Crippen LogP contribution in [0.3, 0.4) is 0 Å². The van der Waals surface area contributed by atoms with Crippen LogP contribution in [0.25, 0.3) is 0 Å². The summed E-state index contributed by atoms with van der Waals surface area (Å²) in [6, 6.07) is 17.5. The molecule has 6 heteroatoms. The largest absolute Gasteiger partial charge is 0.355 e. The van der Waals surface area contributed by atoms with Crippen LogP contribution in [0.5, 0.6) is 0 Å². The number of nitrogens with zero attached hydrogens (tertiary/aromatic N) is 3. The van der Waals surface area contributed by atoms with E-state index in [2.05, 4.69) is 10.2 Å². The zero-order valence-corrected chi connectivity index (χ0v) is 17.3. The first-order valence-corrected chi connectivity index (χ1v) is 10.3. The van der Waals surface area contributed by atoms with E-state index >= 15 is 0 Å². The molecule has 6 nitrogen and oxygen atoms in total. The van der Waals surface area contributed by atoms with E-state index in [1.54, 1.807) is 0 Å². The highest BCUT2D eigenvalue weighted by molar-refractivity contribution is 6.00. The molecule has 0 aromatic heterocycles. The normalized spacial score (nSPS) is 14.5. The second-order valence-electron chi connectivity index (χ2n) is 7.17. The number of para-hydroxylation sites is 2. The molecule has 1 N–H and O–H groups in total. The Morgan fingerprint density at radius 1 is 0.897 bits per heavy atom. The zero-order chi connectivity index (χ0) is 20.6. The molecule has 2 amide bonds. The predicted molar refractivity (Wildman–Crippen MR) is 116 cm³/mol. The lowest BCUT2D eigenvalue weighted by molar-refractivity contribution is -0.132. The van der Waals surface area contributed by atoms with Crippen molar-refractivity contribution in [2.24, 2.45) is 0 Å². The third-order valence-electron chi connectivity index (χ3n) is 5.34. The summed E-state index contributed by atoms with van der Waals surface area (Å²) < 4.78 is 0. The summed E-state index contributed by atoms with van der Waals surface area (Å²) in [7, 11) is 0. The number of nitrogens with one attached hydrogen (secondary N) is 1. The van der Waals surface area contributed by atoms with Gasteiger partial charge in [-0.1, -0.05) is 30.3 Å². The summed E-state index contributed by atoms with van der Waals surface area (Å²) in [6.07, 6.45) is 0. The third-order valence-corrected chi connectivity index (χ3v) is 5.34. The minimum Gasteiger partial charge on any atom is -0.355 e. The standard InChI is InChI=1S/C23H30N4O2/c1-3-26(4-2)22(28)18-25-14-16-27(17-15-25)23(29)20-12-8-9-13-21(20)24-19-10-6-5-7-11-19/h5-13,24H,3-4,14-18H2,1-2H3. The van der Waals surface area contributed by atoms with Crippen molar-refractivity contribution in [3.63, 3.8) is 0 Å². The fraction of sp³-hybridized carbons (Fsp3) is 0.391. The van der Waals surface area contributed by atoms with Crippen molar-refractivity contribution >= 4 is 23.2 Å². The molecule has 1 fully saturated rings. The van der Waals surface area contributed by atoms with Gasteiger partial charge in [-0.25, -0.2) is 0 Å². The first-order valence-electron chi connectivity index (χ1n) is 10.3. The summed E-state index contributed by atoms with van der Waals surface area (Å²) in [5.74, 6) is 0.186. The van der Waals surface area contributed by atoms with E-state index in [1.807, 2.05) is 78.2 Å². The summed E-state index contributed by atoms with van der Waals surface area (Å²) in [5, 5.41) is 3.34. The van der Waals surface area contributed by atoms with E-state index in [1.165, 1.54) is 0 Å². The number of carbonyl (C=O) groups is 2. The molecule has 3 rings (SSSR count). The van der Waals surface area contributed by atoms with Crippen LogP contribution in [0.1, 0.15) is 24.2 Å². The average Bonchev–Trinajstić information content (AvgIpc) is 2.76. The number of carbonyl (C=O) groups excluding carboxylic acids is 2. The molecule has 154 valence electrons. The van der Waals surface area contributed by atoms with Crippen molar-refractivity contribution in [3.05, 3.63) is 60.2 Å². The molecule has 0 bridgehead atoms. The Kier molecular flexibility index (Phi) is 7.25. The van der Waals surface area contributed by atoms with E-state index in [0.29, 0.717) is 38.3 Å². The van der Waals surface area contributed by atoms with Crippen molar-refractivity contribution < 1.29 is 9.59 Å².